The quantitative estimate of drug-likeness (QED) is 0.776. The maximum Gasteiger partial charge on any atom is 0.243 e. The summed E-state index contributed by atoms with van der Waals surface area (Å²) in [5, 5.41) is 5.51. The van der Waals surface area contributed by atoms with Gasteiger partial charge in [-0.25, -0.2) is 0 Å². The number of carbonyl (C=O) groups excluding carboxylic acids is 2. The number of hydrogen-bond donors (Lipinski definition) is 2. The lowest BCUT2D eigenvalue weighted by Crippen LogP contribution is -2.44. The molecule has 2 amide bonds. The number of anilines is 1. The van der Waals surface area contributed by atoms with Crippen molar-refractivity contribution in [3.63, 3.8) is 0 Å². The molecule has 1 aromatic rings. The lowest BCUT2D eigenvalue weighted by molar-refractivity contribution is -0.125. The zero-order valence-electron chi connectivity index (χ0n) is 17.8. The number of rotatable bonds is 6. The number of aryl methyl sites for hydroxylation is 1. The standard InChI is InChI=1S/C21H34N4O3/c1-16-7-8-18(28-5)17(13-16)23-19(26)14-22-20(27)15-24-9-6-10-25(12-11-24)21(2,3)4/h7-8,13H,6,9-12,14-15H2,1-5H3,(H,22,27)(H,23,26). The third-order valence-corrected chi connectivity index (χ3v) is 4.98. The molecule has 7 nitrogen and oxygen atoms in total. The molecule has 0 aromatic heterocycles. The third-order valence-electron chi connectivity index (χ3n) is 4.98. The van der Waals surface area contributed by atoms with Crippen molar-refractivity contribution in [2.24, 2.45) is 0 Å². The summed E-state index contributed by atoms with van der Waals surface area (Å²) in [6.07, 6.45) is 1.04. The van der Waals surface area contributed by atoms with Gasteiger partial charge in [0.15, 0.2) is 0 Å². The first-order valence-corrected chi connectivity index (χ1v) is 9.87. The number of methoxy groups -OCH3 is 1. The van der Waals surface area contributed by atoms with E-state index in [2.05, 4.69) is 41.2 Å². The number of hydrogen-bond acceptors (Lipinski definition) is 5. The summed E-state index contributed by atoms with van der Waals surface area (Å²) in [4.78, 5) is 29.1. The molecule has 2 rings (SSSR count). The second kappa shape index (κ2) is 9.89. The first-order chi connectivity index (χ1) is 13.2. The average molecular weight is 391 g/mol. The minimum atomic E-state index is -0.271. The van der Waals surface area contributed by atoms with Gasteiger partial charge in [0.2, 0.25) is 11.8 Å². The highest BCUT2D eigenvalue weighted by atomic mass is 16.5. The molecule has 0 unspecified atom stereocenters. The minimum absolute atomic E-state index is 0.0577. The first kappa shape index (κ1) is 22.2. The summed E-state index contributed by atoms with van der Waals surface area (Å²) < 4.78 is 5.26. The Morgan fingerprint density at radius 3 is 2.54 bits per heavy atom. The van der Waals surface area contributed by atoms with E-state index in [9.17, 15) is 9.59 Å². The van der Waals surface area contributed by atoms with E-state index in [1.165, 1.54) is 0 Å². The highest BCUT2D eigenvalue weighted by Gasteiger charge is 2.24. The Kier molecular flexibility index (Phi) is 7.83. The van der Waals surface area contributed by atoms with Crippen LogP contribution in [0.25, 0.3) is 0 Å². The molecular formula is C21H34N4O3. The van der Waals surface area contributed by atoms with Crippen LogP contribution in [0, 0.1) is 6.92 Å². The molecule has 156 valence electrons. The molecule has 1 aliphatic heterocycles. The molecule has 28 heavy (non-hydrogen) atoms. The molecule has 0 saturated carbocycles. The van der Waals surface area contributed by atoms with Crippen LogP contribution in [0.5, 0.6) is 5.75 Å². The van der Waals surface area contributed by atoms with Crippen molar-refractivity contribution in [1.82, 2.24) is 15.1 Å². The van der Waals surface area contributed by atoms with Crippen molar-refractivity contribution in [2.75, 3.05) is 51.7 Å². The van der Waals surface area contributed by atoms with Gasteiger partial charge in [0, 0.05) is 18.6 Å². The second-order valence-corrected chi connectivity index (χ2v) is 8.32. The molecular weight excluding hydrogens is 356 g/mol. The van der Waals surface area contributed by atoms with Gasteiger partial charge in [-0.3, -0.25) is 19.4 Å². The number of amides is 2. The van der Waals surface area contributed by atoms with E-state index in [0.717, 1.165) is 38.2 Å². The van der Waals surface area contributed by atoms with Gasteiger partial charge in [0.1, 0.15) is 5.75 Å². The number of nitrogens with one attached hydrogen (secondary N) is 2. The summed E-state index contributed by atoms with van der Waals surface area (Å²) in [6, 6.07) is 5.57. The molecule has 0 spiro atoms. The molecule has 0 atom stereocenters. The fourth-order valence-electron chi connectivity index (χ4n) is 3.35. The van der Waals surface area contributed by atoms with E-state index >= 15 is 0 Å². The molecule has 1 aromatic carbocycles. The van der Waals surface area contributed by atoms with E-state index in [4.69, 9.17) is 4.74 Å². The molecule has 7 heteroatoms. The zero-order chi connectivity index (χ0) is 20.7. The smallest absolute Gasteiger partial charge is 0.243 e. The van der Waals surface area contributed by atoms with Crippen LogP contribution in [0.3, 0.4) is 0 Å². The largest absolute Gasteiger partial charge is 0.495 e. The maximum absolute atomic E-state index is 12.3. The van der Waals surface area contributed by atoms with Crippen LogP contribution in [0.4, 0.5) is 5.69 Å². The normalized spacial score (nSPS) is 16.3. The maximum atomic E-state index is 12.3. The SMILES string of the molecule is COc1ccc(C)cc1NC(=O)CNC(=O)CN1CCCN(C(C)(C)C)CC1. The highest BCUT2D eigenvalue weighted by molar-refractivity contribution is 5.96. The van der Waals surface area contributed by atoms with Gasteiger partial charge in [-0.05, 0) is 64.9 Å². The summed E-state index contributed by atoms with van der Waals surface area (Å²) in [5.41, 5.74) is 1.77. The summed E-state index contributed by atoms with van der Waals surface area (Å²) in [6.45, 7) is 12.6. The van der Waals surface area contributed by atoms with E-state index in [1.54, 1.807) is 7.11 Å². The third kappa shape index (κ3) is 6.80. The van der Waals surface area contributed by atoms with Crippen LogP contribution in [-0.2, 0) is 9.59 Å². The van der Waals surface area contributed by atoms with E-state index in [1.807, 2.05) is 25.1 Å². The number of ether oxygens (including phenoxy) is 1. The number of nitrogens with zero attached hydrogens (tertiary/aromatic N) is 2. The Hall–Kier alpha value is -2.12. The first-order valence-electron chi connectivity index (χ1n) is 9.87. The van der Waals surface area contributed by atoms with Gasteiger partial charge in [0.05, 0.1) is 25.9 Å². The van der Waals surface area contributed by atoms with Gasteiger partial charge in [-0.15, -0.1) is 0 Å². The Bertz CT molecular complexity index is 685. The number of carbonyl (C=O) groups is 2. The Balaban J connectivity index is 1.78. The van der Waals surface area contributed by atoms with Crippen molar-refractivity contribution in [1.29, 1.82) is 0 Å². The van der Waals surface area contributed by atoms with Crippen LogP contribution in [-0.4, -0.2) is 73.5 Å². The van der Waals surface area contributed by atoms with Gasteiger partial charge in [-0.1, -0.05) is 6.07 Å². The summed E-state index contributed by atoms with van der Waals surface area (Å²) >= 11 is 0. The summed E-state index contributed by atoms with van der Waals surface area (Å²) in [5.74, 6) is 0.195. The van der Waals surface area contributed by atoms with Crippen molar-refractivity contribution in [3.8, 4) is 5.75 Å². The van der Waals surface area contributed by atoms with Crippen molar-refractivity contribution >= 4 is 17.5 Å². The van der Waals surface area contributed by atoms with Gasteiger partial charge < -0.3 is 15.4 Å². The monoisotopic (exact) mass is 390 g/mol. The van der Waals surface area contributed by atoms with Crippen molar-refractivity contribution in [2.45, 2.75) is 39.7 Å². The van der Waals surface area contributed by atoms with Crippen molar-refractivity contribution < 1.29 is 14.3 Å². The topological polar surface area (TPSA) is 73.9 Å². The van der Waals surface area contributed by atoms with E-state index in [-0.39, 0.29) is 23.9 Å². The molecule has 1 saturated heterocycles. The lowest BCUT2D eigenvalue weighted by atomic mass is 10.1. The van der Waals surface area contributed by atoms with E-state index < -0.39 is 0 Å². The van der Waals surface area contributed by atoms with Crippen LogP contribution in [0.1, 0.15) is 32.8 Å². The van der Waals surface area contributed by atoms with Crippen LogP contribution >= 0.6 is 0 Å². The van der Waals surface area contributed by atoms with Crippen LogP contribution < -0.4 is 15.4 Å². The highest BCUT2D eigenvalue weighted by Crippen LogP contribution is 2.24. The fourth-order valence-corrected chi connectivity index (χ4v) is 3.35. The van der Waals surface area contributed by atoms with Gasteiger partial charge in [-0.2, -0.15) is 0 Å². The minimum Gasteiger partial charge on any atom is -0.495 e. The second-order valence-electron chi connectivity index (χ2n) is 8.32. The average Bonchev–Trinajstić information content (AvgIpc) is 2.86. The molecule has 1 aliphatic rings. The summed E-state index contributed by atoms with van der Waals surface area (Å²) in [7, 11) is 1.56. The van der Waals surface area contributed by atoms with Crippen LogP contribution in [0.2, 0.25) is 0 Å². The Labute approximate surface area is 168 Å². The lowest BCUT2D eigenvalue weighted by Gasteiger charge is -2.34. The fraction of sp³-hybridized carbons (Fsp3) is 0.619. The Morgan fingerprint density at radius 2 is 1.86 bits per heavy atom. The number of benzene rings is 1. The van der Waals surface area contributed by atoms with Gasteiger partial charge >= 0.3 is 0 Å². The molecule has 0 aliphatic carbocycles. The van der Waals surface area contributed by atoms with Crippen molar-refractivity contribution in [3.05, 3.63) is 23.8 Å². The predicted octanol–water partition coefficient (Wildman–Crippen LogP) is 1.86. The molecule has 1 fully saturated rings. The predicted molar refractivity (Wildman–Crippen MR) is 112 cm³/mol. The Morgan fingerprint density at radius 1 is 1.11 bits per heavy atom. The molecule has 1 heterocycles. The van der Waals surface area contributed by atoms with Crippen LogP contribution in [0.15, 0.2) is 18.2 Å². The molecule has 0 bridgehead atoms. The van der Waals surface area contributed by atoms with Gasteiger partial charge in [0.25, 0.3) is 0 Å². The molecule has 0 radical (unpaired) electrons. The zero-order valence-corrected chi connectivity index (χ0v) is 17.8. The molecule has 2 N–H and O–H groups in total. The van der Waals surface area contributed by atoms with E-state index in [0.29, 0.717) is 18.0 Å².